The van der Waals surface area contributed by atoms with E-state index in [-0.39, 0.29) is 12.0 Å². The first-order chi connectivity index (χ1) is 11.0. The van der Waals surface area contributed by atoms with Crippen LogP contribution in [0, 0.1) is 6.92 Å². The smallest absolute Gasteiger partial charge is 0.222 e. The molecule has 7 heteroatoms. The van der Waals surface area contributed by atoms with Crippen molar-refractivity contribution in [3.8, 4) is 0 Å². The summed E-state index contributed by atoms with van der Waals surface area (Å²) < 4.78 is 6.73. The highest BCUT2D eigenvalue weighted by Crippen LogP contribution is 2.34. The van der Waals surface area contributed by atoms with Crippen molar-refractivity contribution in [2.75, 3.05) is 30.4 Å². The van der Waals surface area contributed by atoms with Crippen LogP contribution in [0.1, 0.15) is 23.7 Å². The summed E-state index contributed by atoms with van der Waals surface area (Å²) in [6.45, 7) is 4.02. The normalized spacial score (nSPS) is 18.7. The number of benzene rings is 1. The third-order valence-electron chi connectivity index (χ3n) is 3.81. The lowest BCUT2D eigenvalue weighted by Crippen LogP contribution is -2.32. The summed E-state index contributed by atoms with van der Waals surface area (Å²) in [5.74, 6) is 1.09. The Morgan fingerprint density at radius 2 is 2.17 bits per heavy atom. The Balaban J connectivity index is 2.03. The van der Waals surface area contributed by atoms with Gasteiger partial charge in [-0.15, -0.1) is 0 Å². The minimum absolute atomic E-state index is 0.00759. The van der Waals surface area contributed by atoms with E-state index < -0.39 is 0 Å². The number of ether oxygens (including phenoxy) is 1. The summed E-state index contributed by atoms with van der Waals surface area (Å²) >= 11 is 9.91. The van der Waals surface area contributed by atoms with Crippen LogP contribution >= 0.6 is 27.5 Å². The minimum Gasteiger partial charge on any atom is -0.379 e. The van der Waals surface area contributed by atoms with Crippen LogP contribution in [0.5, 0.6) is 0 Å². The monoisotopic (exact) mass is 396 g/mol. The molecule has 0 radical (unpaired) electrons. The summed E-state index contributed by atoms with van der Waals surface area (Å²) in [7, 11) is 0. The van der Waals surface area contributed by atoms with Gasteiger partial charge in [0.1, 0.15) is 5.82 Å². The number of aryl methyl sites for hydroxylation is 1. The predicted octanol–water partition coefficient (Wildman–Crippen LogP) is 3.75. The summed E-state index contributed by atoms with van der Waals surface area (Å²) in [5.41, 5.74) is 7.69. The van der Waals surface area contributed by atoms with Crippen LogP contribution < -0.4 is 10.6 Å². The molecule has 1 aromatic heterocycles. The van der Waals surface area contributed by atoms with Crippen molar-refractivity contribution in [2.45, 2.75) is 19.4 Å². The largest absolute Gasteiger partial charge is 0.379 e. The maximum absolute atomic E-state index is 6.46. The molecule has 1 saturated heterocycles. The van der Waals surface area contributed by atoms with Crippen LogP contribution in [-0.4, -0.2) is 29.7 Å². The van der Waals surface area contributed by atoms with E-state index in [9.17, 15) is 0 Å². The Hall–Kier alpha value is -1.37. The molecule has 23 heavy (non-hydrogen) atoms. The second-order valence-corrected chi connectivity index (χ2v) is 6.85. The van der Waals surface area contributed by atoms with Gasteiger partial charge in [-0.2, -0.15) is 4.98 Å². The molecular weight excluding hydrogens is 380 g/mol. The molecule has 1 fully saturated rings. The molecule has 3 rings (SSSR count). The molecule has 1 aliphatic heterocycles. The van der Waals surface area contributed by atoms with Gasteiger partial charge in [0, 0.05) is 34.4 Å². The lowest BCUT2D eigenvalue weighted by atomic mass is 10.1. The fraction of sp³-hybridized carbons (Fsp3) is 0.375. The first-order valence-corrected chi connectivity index (χ1v) is 8.62. The van der Waals surface area contributed by atoms with Gasteiger partial charge in [0.05, 0.1) is 12.6 Å². The number of nitrogens with two attached hydrogens (primary N) is 1. The van der Waals surface area contributed by atoms with Crippen molar-refractivity contribution in [1.82, 2.24) is 9.97 Å². The number of hydrogen-bond acceptors (Lipinski definition) is 5. The van der Waals surface area contributed by atoms with Crippen molar-refractivity contribution in [3.05, 3.63) is 45.0 Å². The predicted molar refractivity (Wildman–Crippen MR) is 95.9 cm³/mol. The molecule has 1 atom stereocenters. The number of hydrogen-bond donors (Lipinski definition) is 1. The van der Waals surface area contributed by atoms with Crippen molar-refractivity contribution in [2.24, 2.45) is 0 Å². The van der Waals surface area contributed by atoms with Crippen LogP contribution in [-0.2, 0) is 4.74 Å². The zero-order valence-electron chi connectivity index (χ0n) is 12.8. The Kier molecular flexibility index (Phi) is 5.04. The molecule has 0 spiro atoms. The van der Waals surface area contributed by atoms with Crippen LogP contribution in [0.3, 0.4) is 0 Å². The molecule has 2 aromatic rings. The van der Waals surface area contributed by atoms with Gasteiger partial charge >= 0.3 is 0 Å². The van der Waals surface area contributed by atoms with Crippen LogP contribution in [0.4, 0.5) is 11.8 Å². The number of halogens is 2. The molecule has 0 aliphatic carbocycles. The maximum atomic E-state index is 6.46. The van der Waals surface area contributed by atoms with Gasteiger partial charge in [-0.1, -0.05) is 33.6 Å². The molecule has 1 aromatic carbocycles. The van der Waals surface area contributed by atoms with Gasteiger partial charge in [0.25, 0.3) is 0 Å². The maximum Gasteiger partial charge on any atom is 0.222 e. The standard InChI is InChI=1S/C16H18BrClN4O/c1-10-7-15(21-16(19)20-10)22-5-2-6-23-9-14(22)12-4-3-11(17)8-13(12)18/h3-4,7-8,14H,2,5-6,9H2,1H3,(H2,19,20,21)/t14-/m0/s1. The molecule has 0 amide bonds. The zero-order chi connectivity index (χ0) is 16.4. The lowest BCUT2D eigenvalue weighted by Gasteiger charge is -2.31. The Morgan fingerprint density at radius 1 is 1.35 bits per heavy atom. The lowest BCUT2D eigenvalue weighted by molar-refractivity contribution is 0.134. The number of rotatable bonds is 2. The Labute approximate surface area is 148 Å². The number of aromatic nitrogens is 2. The SMILES string of the molecule is Cc1cc(N2CCCOC[C@H]2c2ccc(Br)cc2Cl)nc(N)n1. The Bertz CT molecular complexity index is 692. The molecule has 5 nitrogen and oxygen atoms in total. The molecule has 1 aliphatic rings. The number of anilines is 2. The highest BCUT2D eigenvalue weighted by atomic mass is 79.9. The van der Waals surface area contributed by atoms with Crippen molar-refractivity contribution < 1.29 is 4.74 Å². The van der Waals surface area contributed by atoms with E-state index in [1.165, 1.54) is 0 Å². The second-order valence-electron chi connectivity index (χ2n) is 5.53. The minimum atomic E-state index is -0.00759. The average Bonchev–Trinajstić information content (AvgIpc) is 2.72. The number of nitrogen functional groups attached to an aromatic ring is 1. The van der Waals surface area contributed by atoms with Gasteiger partial charge in [-0.25, -0.2) is 4.98 Å². The van der Waals surface area contributed by atoms with Gasteiger partial charge in [-0.05, 0) is 31.0 Å². The van der Waals surface area contributed by atoms with Crippen LogP contribution in [0.25, 0.3) is 0 Å². The van der Waals surface area contributed by atoms with Gasteiger partial charge < -0.3 is 15.4 Å². The first kappa shape index (κ1) is 16.5. The summed E-state index contributed by atoms with van der Waals surface area (Å²) in [5, 5.41) is 0.707. The summed E-state index contributed by atoms with van der Waals surface area (Å²) in [6.07, 6.45) is 0.924. The van der Waals surface area contributed by atoms with E-state index in [0.717, 1.165) is 41.1 Å². The fourth-order valence-electron chi connectivity index (χ4n) is 2.80. The quantitative estimate of drug-likeness (QED) is 0.836. The topological polar surface area (TPSA) is 64.3 Å². The van der Waals surface area contributed by atoms with E-state index in [4.69, 9.17) is 22.1 Å². The zero-order valence-corrected chi connectivity index (χ0v) is 15.1. The van der Waals surface area contributed by atoms with E-state index in [2.05, 4.69) is 30.8 Å². The van der Waals surface area contributed by atoms with Gasteiger partial charge in [0.15, 0.2) is 0 Å². The second kappa shape index (κ2) is 7.03. The molecule has 0 saturated carbocycles. The molecule has 2 heterocycles. The van der Waals surface area contributed by atoms with Crippen molar-refractivity contribution in [1.29, 1.82) is 0 Å². The van der Waals surface area contributed by atoms with E-state index in [1.807, 2.05) is 31.2 Å². The molecule has 2 N–H and O–H groups in total. The summed E-state index contributed by atoms with van der Waals surface area (Å²) in [6, 6.07) is 7.85. The van der Waals surface area contributed by atoms with Crippen molar-refractivity contribution >= 4 is 39.3 Å². The highest BCUT2D eigenvalue weighted by molar-refractivity contribution is 9.10. The van der Waals surface area contributed by atoms with E-state index in [0.29, 0.717) is 11.6 Å². The van der Waals surface area contributed by atoms with Crippen molar-refractivity contribution in [3.63, 3.8) is 0 Å². The fourth-order valence-corrected chi connectivity index (χ4v) is 3.60. The van der Waals surface area contributed by atoms with E-state index in [1.54, 1.807) is 0 Å². The highest BCUT2D eigenvalue weighted by Gasteiger charge is 2.26. The number of nitrogens with zero attached hydrogens (tertiary/aromatic N) is 3. The average molecular weight is 398 g/mol. The summed E-state index contributed by atoms with van der Waals surface area (Å²) in [4.78, 5) is 10.8. The first-order valence-electron chi connectivity index (χ1n) is 7.45. The third-order valence-corrected chi connectivity index (χ3v) is 4.63. The van der Waals surface area contributed by atoms with Crippen LogP contribution in [0.2, 0.25) is 5.02 Å². The van der Waals surface area contributed by atoms with Gasteiger partial charge in [-0.3, -0.25) is 0 Å². The molecule has 122 valence electrons. The molecule has 0 unspecified atom stereocenters. The Morgan fingerprint density at radius 3 is 2.91 bits per heavy atom. The van der Waals surface area contributed by atoms with Crippen LogP contribution in [0.15, 0.2) is 28.7 Å². The van der Waals surface area contributed by atoms with Gasteiger partial charge in [0.2, 0.25) is 5.95 Å². The third kappa shape index (κ3) is 3.76. The molecular formula is C16H18BrClN4O. The van der Waals surface area contributed by atoms with E-state index >= 15 is 0 Å². The molecule has 0 bridgehead atoms.